The van der Waals surface area contributed by atoms with Crippen LogP contribution in [0.4, 0.5) is 24.5 Å². The van der Waals surface area contributed by atoms with Gasteiger partial charge >= 0.3 is 6.18 Å². The number of hydrogen-bond donors (Lipinski definition) is 2. The lowest BCUT2D eigenvalue weighted by Crippen LogP contribution is -2.53. The molecule has 1 aliphatic heterocycles. The van der Waals surface area contributed by atoms with Crippen molar-refractivity contribution < 1.29 is 27.5 Å². The van der Waals surface area contributed by atoms with E-state index in [4.69, 9.17) is 10.5 Å². The summed E-state index contributed by atoms with van der Waals surface area (Å²) in [7, 11) is 0. The van der Waals surface area contributed by atoms with Crippen LogP contribution in [0, 0.1) is 11.3 Å². The molecule has 1 aromatic carbocycles. The fourth-order valence-electron chi connectivity index (χ4n) is 4.39. The average molecular weight is 485 g/mol. The first-order chi connectivity index (χ1) is 15.9. The summed E-state index contributed by atoms with van der Waals surface area (Å²) in [6, 6.07) is 2.76. The number of benzene rings is 1. The highest BCUT2D eigenvalue weighted by Crippen LogP contribution is 2.38. The Morgan fingerprint density at radius 2 is 2.00 bits per heavy atom. The molecule has 1 aromatic rings. The number of nitrogens with one attached hydrogen (secondary N) is 1. The van der Waals surface area contributed by atoms with Crippen LogP contribution in [0.5, 0.6) is 0 Å². The molecule has 0 aromatic heterocycles. The lowest BCUT2D eigenvalue weighted by Gasteiger charge is -2.39. The van der Waals surface area contributed by atoms with Gasteiger partial charge in [-0.2, -0.15) is 13.2 Å². The molecule has 1 atom stereocenters. The first-order valence-corrected chi connectivity index (χ1v) is 11.7. The number of nitrogens with zero attached hydrogens (tertiary/aromatic N) is 2. The molecule has 0 radical (unpaired) electrons. The highest BCUT2D eigenvalue weighted by molar-refractivity contribution is 5.98. The van der Waals surface area contributed by atoms with Gasteiger partial charge in [-0.15, -0.1) is 0 Å². The quantitative estimate of drug-likeness (QED) is 0.590. The maximum Gasteiger partial charge on any atom is 0.418 e. The number of rotatable bonds is 8. The van der Waals surface area contributed by atoms with E-state index >= 15 is 0 Å². The van der Waals surface area contributed by atoms with Gasteiger partial charge in [0.2, 0.25) is 5.91 Å². The summed E-state index contributed by atoms with van der Waals surface area (Å²) in [5, 5.41) is 2.48. The van der Waals surface area contributed by atoms with Gasteiger partial charge in [-0.05, 0) is 42.4 Å². The number of ether oxygens (including phenoxy) is 1. The highest BCUT2D eigenvalue weighted by Gasteiger charge is 2.37. The van der Waals surface area contributed by atoms with Gasteiger partial charge in [0.1, 0.15) is 12.6 Å². The second-order valence-electron chi connectivity index (χ2n) is 10.4. The van der Waals surface area contributed by atoms with E-state index in [9.17, 15) is 22.8 Å². The largest absolute Gasteiger partial charge is 0.418 e. The van der Waals surface area contributed by atoms with Crippen LogP contribution in [0.3, 0.4) is 0 Å². The average Bonchev–Trinajstić information content (AvgIpc) is 2.70. The molecule has 0 bridgehead atoms. The van der Waals surface area contributed by atoms with Crippen molar-refractivity contribution in [3.8, 4) is 0 Å². The Kier molecular flexibility index (Phi) is 8.26. The highest BCUT2D eigenvalue weighted by atomic mass is 19.4. The van der Waals surface area contributed by atoms with Crippen LogP contribution < -0.4 is 16.0 Å². The topological polar surface area (TPSA) is 87.9 Å². The molecule has 1 saturated heterocycles. The summed E-state index contributed by atoms with van der Waals surface area (Å²) >= 11 is 0. The number of carbonyl (C=O) groups excluding carboxylic acids is 2. The molecule has 190 valence electrons. The van der Waals surface area contributed by atoms with E-state index in [0.717, 1.165) is 25.3 Å². The van der Waals surface area contributed by atoms with Crippen LogP contribution in [-0.4, -0.2) is 62.1 Å². The number of halogens is 3. The van der Waals surface area contributed by atoms with Crippen LogP contribution in [-0.2, 0) is 20.5 Å². The summed E-state index contributed by atoms with van der Waals surface area (Å²) in [5.74, 6) is -0.500. The van der Waals surface area contributed by atoms with Gasteiger partial charge in [0.05, 0.1) is 17.9 Å². The number of amides is 2. The van der Waals surface area contributed by atoms with Crippen LogP contribution in [0.1, 0.15) is 45.6 Å². The molecule has 0 spiro atoms. The third-order valence-electron chi connectivity index (χ3n) is 6.23. The molecular weight excluding hydrogens is 449 g/mol. The van der Waals surface area contributed by atoms with E-state index in [1.807, 2.05) is 4.90 Å². The van der Waals surface area contributed by atoms with Gasteiger partial charge in [-0.3, -0.25) is 14.5 Å². The predicted molar refractivity (Wildman–Crippen MR) is 124 cm³/mol. The van der Waals surface area contributed by atoms with Gasteiger partial charge in [-0.25, -0.2) is 0 Å². The van der Waals surface area contributed by atoms with Crippen molar-refractivity contribution >= 4 is 23.2 Å². The SMILES string of the molecule is CC(C)(C)CN(CC1CCC1)[C@@H](CN)C(=O)Nc1ccc(N2CCOCC2=O)cc1C(F)(F)F. The Morgan fingerprint density at radius 3 is 2.53 bits per heavy atom. The number of morpholine rings is 1. The minimum absolute atomic E-state index is 0.00362. The summed E-state index contributed by atoms with van der Waals surface area (Å²) in [6.07, 6.45) is -1.40. The van der Waals surface area contributed by atoms with E-state index < -0.39 is 29.6 Å². The zero-order valence-electron chi connectivity index (χ0n) is 20.1. The van der Waals surface area contributed by atoms with Crippen LogP contribution in [0.25, 0.3) is 0 Å². The van der Waals surface area contributed by atoms with E-state index in [2.05, 4.69) is 26.1 Å². The minimum Gasteiger partial charge on any atom is -0.370 e. The van der Waals surface area contributed by atoms with Crippen molar-refractivity contribution in [1.29, 1.82) is 0 Å². The lowest BCUT2D eigenvalue weighted by atomic mass is 9.84. The van der Waals surface area contributed by atoms with Gasteiger partial charge < -0.3 is 20.7 Å². The fraction of sp³-hybridized carbons (Fsp3) is 0.667. The number of nitrogens with two attached hydrogens (primary N) is 1. The Hall–Kier alpha value is -2.17. The van der Waals surface area contributed by atoms with Crippen LogP contribution in [0.15, 0.2) is 18.2 Å². The Balaban J connectivity index is 1.84. The van der Waals surface area contributed by atoms with Crippen LogP contribution in [0.2, 0.25) is 0 Å². The molecule has 3 rings (SSSR count). The molecule has 2 fully saturated rings. The third kappa shape index (κ3) is 6.70. The molecule has 34 heavy (non-hydrogen) atoms. The Bertz CT molecular complexity index is 881. The Labute approximate surface area is 198 Å². The smallest absolute Gasteiger partial charge is 0.370 e. The van der Waals surface area contributed by atoms with E-state index in [0.29, 0.717) is 19.0 Å². The molecule has 1 aliphatic carbocycles. The van der Waals surface area contributed by atoms with Crippen molar-refractivity contribution in [2.24, 2.45) is 17.1 Å². The molecule has 10 heteroatoms. The van der Waals surface area contributed by atoms with Gasteiger partial charge in [0.25, 0.3) is 5.91 Å². The van der Waals surface area contributed by atoms with E-state index in [1.54, 1.807) is 0 Å². The number of alkyl halides is 3. The zero-order valence-corrected chi connectivity index (χ0v) is 20.1. The molecule has 1 saturated carbocycles. The lowest BCUT2D eigenvalue weighted by molar-refractivity contribution is -0.137. The van der Waals surface area contributed by atoms with E-state index in [1.165, 1.54) is 17.0 Å². The molecule has 7 nitrogen and oxygen atoms in total. The number of carbonyl (C=O) groups is 2. The monoisotopic (exact) mass is 484 g/mol. The normalized spacial score (nSPS) is 18.7. The third-order valence-corrected chi connectivity index (χ3v) is 6.23. The number of anilines is 2. The van der Waals surface area contributed by atoms with Crippen molar-refractivity contribution in [3.63, 3.8) is 0 Å². The fourth-order valence-corrected chi connectivity index (χ4v) is 4.39. The van der Waals surface area contributed by atoms with Crippen molar-refractivity contribution in [2.45, 2.75) is 52.3 Å². The molecule has 2 aliphatic rings. The molecule has 2 amide bonds. The summed E-state index contributed by atoms with van der Waals surface area (Å²) in [4.78, 5) is 28.5. The number of hydrogen-bond acceptors (Lipinski definition) is 5. The first kappa shape index (κ1) is 26.4. The van der Waals surface area contributed by atoms with Gasteiger partial charge in [0.15, 0.2) is 0 Å². The first-order valence-electron chi connectivity index (χ1n) is 11.7. The van der Waals surface area contributed by atoms with Crippen molar-refractivity contribution in [1.82, 2.24) is 4.90 Å². The maximum atomic E-state index is 13.9. The van der Waals surface area contributed by atoms with Crippen LogP contribution >= 0.6 is 0 Å². The molecule has 3 N–H and O–H groups in total. The summed E-state index contributed by atoms with van der Waals surface area (Å²) in [5.41, 5.74) is 4.62. The second-order valence-corrected chi connectivity index (χ2v) is 10.4. The second kappa shape index (κ2) is 10.6. The molecule has 0 unspecified atom stereocenters. The molecular formula is C24H35F3N4O3. The maximum absolute atomic E-state index is 13.9. The predicted octanol–water partition coefficient (Wildman–Crippen LogP) is 3.48. The van der Waals surface area contributed by atoms with E-state index in [-0.39, 0.29) is 43.1 Å². The Morgan fingerprint density at radius 1 is 1.29 bits per heavy atom. The molecule has 1 heterocycles. The summed E-state index contributed by atoms with van der Waals surface area (Å²) < 4.78 is 46.8. The van der Waals surface area contributed by atoms with Crippen molar-refractivity contribution in [2.75, 3.05) is 49.6 Å². The van der Waals surface area contributed by atoms with Gasteiger partial charge in [-0.1, -0.05) is 27.2 Å². The summed E-state index contributed by atoms with van der Waals surface area (Å²) in [6.45, 7) is 7.69. The van der Waals surface area contributed by atoms with Gasteiger partial charge in [0, 0.05) is 31.9 Å². The standard InChI is InChI=1S/C24H35F3N4O3/c1-23(2,3)15-30(13-16-5-4-6-16)20(12-28)22(33)29-19-8-7-17(11-18(19)24(25,26)27)31-9-10-34-14-21(31)32/h7-8,11,16,20H,4-6,9-10,12-15,28H2,1-3H3,(H,29,33)/t20-/m0/s1. The van der Waals surface area contributed by atoms with Crippen molar-refractivity contribution in [3.05, 3.63) is 23.8 Å². The zero-order chi connectivity index (χ0) is 25.1. The minimum atomic E-state index is -4.72.